The second-order valence-electron chi connectivity index (χ2n) is 6.59. The van der Waals surface area contributed by atoms with E-state index in [0.717, 1.165) is 22.9 Å². The molecule has 0 saturated carbocycles. The van der Waals surface area contributed by atoms with Crippen molar-refractivity contribution in [1.29, 1.82) is 0 Å². The molecule has 3 aromatic rings. The third-order valence-electron chi connectivity index (χ3n) is 4.93. The van der Waals surface area contributed by atoms with Crippen LogP contribution in [0.3, 0.4) is 0 Å². The Kier molecular flexibility index (Phi) is 4.94. The molecule has 1 amide bonds. The Balaban J connectivity index is 1.40. The van der Waals surface area contributed by atoms with Crippen LogP contribution in [0.25, 0.3) is 10.9 Å². The number of rotatable bonds is 5. The van der Waals surface area contributed by atoms with E-state index < -0.39 is 0 Å². The summed E-state index contributed by atoms with van der Waals surface area (Å²) < 4.78 is 11.0. The molecule has 4 rings (SSSR count). The zero-order valence-corrected chi connectivity index (χ0v) is 15.9. The second kappa shape index (κ2) is 7.53. The molecule has 0 saturated heterocycles. The lowest BCUT2D eigenvalue weighted by Gasteiger charge is -2.27. The molecule has 140 valence electrons. The zero-order chi connectivity index (χ0) is 18.8. The summed E-state index contributed by atoms with van der Waals surface area (Å²) in [4.78, 5) is 18.0. The molecule has 0 unspecified atom stereocenters. The summed E-state index contributed by atoms with van der Waals surface area (Å²) in [6, 6.07) is 13.3. The SMILES string of the molecule is COc1ccccc1OCCC(=O)N1CCc2[nH]c3ccc(Cl)cc3c2C1. The van der Waals surface area contributed by atoms with Gasteiger partial charge in [-0.15, -0.1) is 0 Å². The summed E-state index contributed by atoms with van der Waals surface area (Å²) >= 11 is 6.15. The van der Waals surface area contributed by atoms with Gasteiger partial charge in [-0.25, -0.2) is 0 Å². The van der Waals surface area contributed by atoms with Gasteiger partial charge in [0.2, 0.25) is 5.91 Å². The van der Waals surface area contributed by atoms with Gasteiger partial charge in [-0.2, -0.15) is 0 Å². The van der Waals surface area contributed by atoms with Gasteiger partial charge >= 0.3 is 0 Å². The Morgan fingerprint density at radius 1 is 1.22 bits per heavy atom. The lowest BCUT2D eigenvalue weighted by molar-refractivity contribution is -0.132. The molecular formula is C21H21ClN2O3. The molecule has 0 aliphatic carbocycles. The Morgan fingerprint density at radius 2 is 2.04 bits per heavy atom. The molecule has 0 bridgehead atoms. The van der Waals surface area contributed by atoms with Gasteiger partial charge in [-0.3, -0.25) is 4.79 Å². The van der Waals surface area contributed by atoms with E-state index >= 15 is 0 Å². The lowest BCUT2D eigenvalue weighted by Crippen LogP contribution is -2.36. The van der Waals surface area contributed by atoms with E-state index in [1.165, 1.54) is 5.69 Å². The van der Waals surface area contributed by atoms with Crippen molar-refractivity contribution in [3.8, 4) is 11.5 Å². The van der Waals surface area contributed by atoms with Gasteiger partial charge in [-0.1, -0.05) is 23.7 Å². The molecule has 27 heavy (non-hydrogen) atoms. The van der Waals surface area contributed by atoms with Crippen molar-refractivity contribution >= 4 is 28.4 Å². The topological polar surface area (TPSA) is 54.6 Å². The first-order valence-corrected chi connectivity index (χ1v) is 9.36. The number of amides is 1. The number of H-pyrrole nitrogens is 1. The van der Waals surface area contributed by atoms with E-state index in [0.29, 0.717) is 42.6 Å². The molecule has 0 atom stereocenters. The Bertz CT molecular complexity index is 983. The smallest absolute Gasteiger partial charge is 0.226 e. The maximum atomic E-state index is 12.7. The van der Waals surface area contributed by atoms with Gasteiger partial charge < -0.3 is 19.4 Å². The van der Waals surface area contributed by atoms with Crippen LogP contribution in [0, 0.1) is 0 Å². The van der Waals surface area contributed by atoms with Crippen LogP contribution >= 0.6 is 11.6 Å². The standard InChI is InChI=1S/C21H21ClN2O3/c1-26-19-4-2-3-5-20(19)27-11-9-21(25)24-10-8-18-16(13-24)15-12-14(22)6-7-17(15)23-18/h2-7,12,23H,8-11,13H2,1H3. The van der Waals surface area contributed by atoms with Crippen molar-refractivity contribution in [2.24, 2.45) is 0 Å². The molecule has 0 fully saturated rings. The van der Waals surface area contributed by atoms with Crippen molar-refractivity contribution in [3.05, 3.63) is 58.7 Å². The number of halogens is 1. The third-order valence-corrected chi connectivity index (χ3v) is 5.17. The summed E-state index contributed by atoms with van der Waals surface area (Å²) in [6.07, 6.45) is 1.15. The van der Waals surface area contributed by atoms with Crippen molar-refractivity contribution in [3.63, 3.8) is 0 Å². The van der Waals surface area contributed by atoms with Crippen molar-refractivity contribution in [2.75, 3.05) is 20.3 Å². The van der Waals surface area contributed by atoms with Gasteiger partial charge in [0.25, 0.3) is 0 Å². The van der Waals surface area contributed by atoms with E-state index in [9.17, 15) is 4.79 Å². The van der Waals surface area contributed by atoms with E-state index in [1.54, 1.807) is 7.11 Å². The molecule has 1 N–H and O–H groups in total. The zero-order valence-electron chi connectivity index (χ0n) is 15.1. The summed E-state index contributed by atoms with van der Waals surface area (Å²) in [5.41, 5.74) is 3.43. The predicted octanol–water partition coefficient (Wildman–Crippen LogP) is 4.18. The van der Waals surface area contributed by atoms with Gasteiger partial charge in [0.15, 0.2) is 11.5 Å². The molecule has 0 radical (unpaired) electrons. The van der Waals surface area contributed by atoms with Gasteiger partial charge in [0.1, 0.15) is 0 Å². The summed E-state index contributed by atoms with van der Waals surface area (Å²) in [6.45, 7) is 1.63. The highest BCUT2D eigenvalue weighted by Gasteiger charge is 2.24. The minimum absolute atomic E-state index is 0.0897. The van der Waals surface area contributed by atoms with Gasteiger partial charge in [-0.05, 0) is 30.3 Å². The number of benzene rings is 2. The number of nitrogens with one attached hydrogen (secondary N) is 1. The maximum absolute atomic E-state index is 12.7. The first-order valence-electron chi connectivity index (χ1n) is 8.98. The normalized spacial score (nSPS) is 13.5. The van der Waals surface area contributed by atoms with Gasteiger partial charge in [0.05, 0.1) is 20.1 Å². The fourth-order valence-corrected chi connectivity index (χ4v) is 3.72. The number of aromatic amines is 1. The molecular weight excluding hydrogens is 364 g/mol. The highest BCUT2D eigenvalue weighted by Crippen LogP contribution is 2.30. The number of fused-ring (bicyclic) bond motifs is 3. The Morgan fingerprint density at radius 3 is 2.85 bits per heavy atom. The lowest BCUT2D eigenvalue weighted by atomic mass is 10.0. The monoisotopic (exact) mass is 384 g/mol. The van der Waals surface area contributed by atoms with E-state index in [4.69, 9.17) is 21.1 Å². The first kappa shape index (κ1) is 17.7. The van der Waals surface area contributed by atoms with Crippen molar-refractivity contribution < 1.29 is 14.3 Å². The largest absolute Gasteiger partial charge is 0.493 e. The first-order chi connectivity index (χ1) is 13.2. The Hall–Kier alpha value is -2.66. The summed E-state index contributed by atoms with van der Waals surface area (Å²) in [5.74, 6) is 1.41. The fraction of sp³-hybridized carbons (Fsp3) is 0.286. The maximum Gasteiger partial charge on any atom is 0.226 e. The summed E-state index contributed by atoms with van der Waals surface area (Å²) in [5, 5.41) is 1.80. The van der Waals surface area contributed by atoms with E-state index in [1.807, 2.05) is 47.4 Å². The number of methoxy groups -OCH3 is 1. The number of aromatic nitrogens is 1. The molecule has 6 heteroatoms. The average Bonchev–Trinajstić information content (AvgIpc) is 3.05. The number of carbonyl (C=O) groups excluding carboxylic acids is 1. The molecule has 5 nitrogen and oxygen atoms in total. The van der Waals surface area contributed by atoms with Crippen LogP contribution in [0.1, 0.15) is 17.7 Å². The quantitative estimate of drug-likeness (QED) is 0.717. The van der Waals surface area contributed by atoms with Crippen LogP contribution in [0.2, 0.25) is 5.02 Å². The predicted molar refractivity (Wildman–Crippen MR) is 106 cm³/mol. The van der Waals surface area contributed by atoms with Crippen LogP contribution in [-0.2, 0) is 17.8 Å². The highest BCUT2D eigenvalue weighted by atomic mass is 35.5. The van der Waals surface area contributed by atoms with Crippen LogP contribution in [0.5, 0.6) is 11.5 Å². The van der Waals surface area contributed by atoms with Crippen LogP contribution in [-0.4, -0.2) is 36.1 Å². The molecule has 1 aromatic heterocycles. The van der Waals surface area contributed by atoms with Crippen molar-refractivity contribution in [2.45, 2.75) is 19.4 Å². The number of ether oxygens (including phenoxy) is 2. The minimum Gasteiger partial charge on any atom is -0.493 e. The second-order valence-corrected chi connectivity index (χ2v) is 7.02. The molecule has 2 aromatic carbocycles. The van der Waals surface area contributed by atoms with Crippen LogP contribution in [0.4, 0.5) is 0 Å². The summed E-state index contributed by atoms with van der Waals surface area (Å²) in [7, 11) is 1.60. The molecule has 2 heterocycles. The fourth-order valence-electron chi connectivity index (χ4n) is 3.54. The minimum atomic E-state index is 0.0897. The van der Waals surface area contributed by atoms with Gasteiger partial charge in [0, 0.05) is 46.7 Å². The number of carbonyl (C=O) groups is 1. The molecule has 0 spiro atoms. The van der Waals surface area contributed by atoms with E-state index in [2.05, 4.69) is 4.98 Å². The van der Waals surface area contributed by atoms with Crippen LogP contribution < -0.4 is 9.47 Å². The van der Waals surface area contributed by atoms with Crippen molar-refractivity contribution in [1.82, 2.24) is 9.88 Å². The number of hydrogen-bond acceptors (Lipinski definition) is 3. The highest BCUT2D eigenvalue weighted by molar-refractivity contribution is 6.31. The third kappa shape index (κ3) is 3.60. The number of para-hydroxylation sites is 2. The molecule has 1 aliphatic rings. The van der Waals surface area contributed by atoms with E-state index in [-0.39, 0.29) is 5.91 Å². The Labute approximate surface area is 162 Å². The number of nitrogens with zero attached hydrogens (tertiary/aromatic N) is 1. The average molecular weight is 385 g/mol. The van der Waals surface area contributed by atoms with Crippen LogP contribution in [0.15, 0.2) is 42.5 Å². The molecule has 1 aliphatic heterocycles. The number of hydrogen-bond donors (Lipinski definition) is 1.